The van der Waals surface area contributed by atoms with Gasteiger partial charge in [0.25, 0.3) is 0 Å². The van der Waals surface area contributed by atoms with Crippen molar-refractivity contribution in [1.29, 1.82) is 0 Å². The van der Waals surface area contributed by atoms with Crippen LogP contribution in [-0.4, -0.2) is 23.8 Å². The van der Waals surface area contributed by atoms with Crippen LogP contribution in [0.3, 0.4) is 0 Å². The Balaban J connectivity index is 1.40. The number of benzene rings is 5. The summed E-state index contributed by atoms with van der Waals surface area (Å²) in [6.45, 7) is 8.06. The van der Waals surface area contributed by atoms with E-state index in [4.69, 9.17) is 14.2 Å². The molecule has 228 valence electrons. The van der Waals surface area contributed by atoms with Crippen LogP contribution in [0.4, 0.5) is 0 Å². The molecule has 0 aliphatic rings. The summed E-state index contributed by atoms with van der Waals surface area (Å²) in [4.78, 5) is 13.8. The molecule has 5 heteroatoms. The largest absolute Gasteiger partial charge is 0.493 e. The molecule has 1 heterocycles. The zero-order valence-corrected chi connectivity index (χ0v) is 26.2. The molecule has 0 N–H and O–H groups in total. The average molecular weight is 598 g/mol. The first-order valence-corrected chi connectivity index (χ1v) is 15.7. The van der Waals surface area contributed by atoms with Gasteiger partial charge in [-0.3, -0.25) is 0 Å². The molecule has 6 rings (SSSR count). The summed E-state index contributed by atoms with van der Waals surface area (Å²) >= 11 is 0. The number of rotatable bonds is 12. The van der Waals surface area contributed by atoms with E-state index in [9.17, 15) is 4.79 Å². The average Bonchev–Trinajstić information content (AvgIpc) is 3.39. The predicted octanol–water partition coefficient (Wildman–Crippen LogP) is 9.81. The van der Waals surface area contributed by atoms with Crippen LogP contribution in [0.1, 0.15) is 54.7 Å². The van der Waals surface area contributed by atoms with E-state index in [-0.39, 0.29) is 11.9 Å². The Kier molecular flexibility index (Phi) is 9.16. The lowest BCUT2D eigenvalue weighted by Gasteiger charge is -2.15. The number of aryl methyl sites for hydroxylation is 1. The Bertz CT molecular complexity index is 1920. The van der Waals surface area contributed by atoms with Crippen LogP contribution in [0.2, 0.25) is 0 Å². The van der Waals surface area contributed by atoms with Crippen molar-refractivity contribution in [3.8, 4) is 22.6 Å². The van der Waals surface area contributed by atoms with E-state index in [1.165, 1.54) is 5.56 Å². The zero-order valence-electron chi connectivity index (χ0n) is 26.2. The Morgan fingerprint density at radius 3 is 2.36 bits per heavy atom. The monoisotopic (exact) mass is 597 g/mol. The van der Waals surface area contributed by atoms with Crippen molar-refractivity contribution in [2.45, 2.75) is 46.3 Å². The molecular weight excluding hydrogens is 558 g/mol. The standard InChI is InChI=1S/C40H39NO4/c1-4-43-40(42)39-38(34-20-11-10-18-32(34)28(2)3)35-26-31(45-27-29-14-6-5-7-15-29)22-23-36(35)41(39)24-13-25-44-37-21-12-17-30-16-8-9-19-33(30)37/h5-12,14-23,26,28H,4,13,24-25,27H2,1-3H3. The summed E-state index contributed by atoms with van der Waals surface area (Å²) in [6, 6.07) is 39.0. The molecule has 5 nitrogen and oxygen atoms in total. The third-order valence-electron chi connectivity index (χ3n) is 8.14. The molecule has 0 bridgehead atoms. The SMILES string of the molecule is CCOC(=O)c1c(-c2ccccc2C(C)C)c2cc(OCc3ccccc3)ccc2n1CCCOc1cccc2ccccc12. The lowest BCUT2D eigenvalue weighted by Crippen LogP contribution is -2.15. The number of hydrogen-bond acceptors (Lipinski definition) is 4. The number of carbonyl (C=O) groups is 1. The van der Waals surface area contributed by atoms with E-state index in [1.807, 2.05) is 61.5 Å². The number of fused-ring (bicyclic) bond motifs is 2. The minimum atomic E-state index is -0.330. The fourth-order valence-electron chi connectivity index (χ4n) is 6.04. The molecule has 0 aliphatic heterocycles. The van der Waals surface area contributed by atoms with Crippen molar-refractivity contribution in [2.75, 3.05) is 13.2 Å². The number of ether oxygens (including phenoxy) is 3. The lowest BCUT2D eigenvalue weighted by molar-refractivity contribution is 0.0515. The summed E-state index contributed by atoms with van der Waals surface area (Å²) in [5.74, 6) is 1.55. The summed E-state index contributed by atoms with van der Waals surface area (Å²) < 4.78 is 20.4. The maximum Gasteiger partial charge on any atom is 0.355 e. The van der Waals surface area contributed by atoms with Crippen molar-refractivity contribution in [3.63, 3.8) is 0 Å². The van der Waals surface area contributed by atoms with E-state index < -0.39 is 0 Å². The van der Waals surface area contributed by atoms with Crippen molar-refractivity contribution >= 4 is 27.6 Å². The summed E-state index contributed by atoms with van der Waals surface area (Å²) in [5, 5.41) is 3.20. The topological polar surface area (TPSA) is 49.7 Å². The van der Waals surface area contributed by atoms with Crippen LogP contribution in [0.25, 0.3) is 32.8 Å². The van der Waals surface area contributed by atoms with Gasteiger partial charge in [0.2, 0.25) is 0 Å². The number of carbonyl (C=O) groups excluding carboxylic acids is 1. The van der Waals surface area contributed by atoms with E-state index in [2.05, 4.69) is 79.1 Å². The van der Waals surface area contributed by atoms with Crippen LogP contribution >= 0.6 is 0 Å². The van der Waals surface area contributed by atoms with Crippen LogP contribution in [0, 0.1) is 0 Å². The first-order valence-electron chi connectivity index (χ1n) is 15.7. The molecule has 0 radical (unpaired) electrons. The second-order valence-electron chi connectivity index (χ2n) is 11.5. The van der Waals surface area contributed by atoms with Gasteiger partial charge in [-0.2, -0.15) is 0 Å². The molecule has 0 aliphatic carbocycles. The molecular formula is C40H39NO4. The summed E-state index contributed by atoms with van der Waals surface area (Å²) in [6.07, 6.45) is 0.705. The van der Waals surface area contributed by atoms with Crippen molar-refractivity contribution in [3.05, 3.63) is 132 Å². The number of aromatic nitrogens is 1. The van der Waals surface area contributed by atoms with Gasteiger partial charge in [-0.1, -0.05) is 105 Å². The molecule has 0 fully saturated rings. The third-order valence-corrected chi connectivity index (χ3v) is 8.14. The normalized spacial score (nSPS) is 11.3. The molecule has 0 unspecified atom stereocenters. The van der Waals surface area contributed by atoms with Gasteiger partial charge in [0.15, 0.2) is 0 Å². The molecule has 0 amide bonds. The lowest BCUT2D eigenvalue weighted by atomic mass is 9.91. The number of hydrogen-bond donors (Lipinski definition) is 0. The predicted molar refractivity (Wildman–Crippen MR) is 182 cm³/mol. The van der Waals surface area contributed by atoms with Crippen molar-refractivity contribution < 1.29 is 19.0 Å². The smallest absolute Gasteiger partial charge is 0.355 e. The fraction of sp³-hybridized carbons (Fsp3) is 0.225. The second kappa shape index (κ2) is 13.7. The molecule has 0 saturated heterocycles. The molecule has 6 aromatic rings. The number of nitrogens with zero attached hydrogens (tertiary/aromatic N) is 1. The van der Waals surface area contributed by atoms with Crippen LogP contribution in [0.5, 0.6) is 11.5 Å². The van der Waals surface area contributed by atoms with Gasteiger partial charge >= 0.3 is 5.97 Å². The van der Waals surface area contributed by atoms with Gasteiger partial charge < -0.3 is 18.8 Å². The third kappa shape index (κ3) is 6.44. The highest BCUT2D eigenvalue weighted by atomic mass is 16.5. The highest BCUT2D eigenvalue weighted by molar-refractivity contribution is 6.09. The Morgan fingerprint density at radius 2 is 1.53 bits per heavy atom. The van der Waals surface area contributed by atoms with Crippen LogP contribution in [-0.2, 0) is 17.9 Å². The molecule has 0 atom stereocenters. The fourth-order valence-corrected chi connectivity index (χ4v) is 6.04. The van der Waals surface area contributed by atoms with Crippen molar-refractivity contribution in [1.82, 2.24) is 4.57 Å². The summed E-state index contributed by atoms with van der Waals surface area (Å²) in [5.41, 5.74) is 5.71. The zero-order chi connectivity index (χ0) is 31.2. The molecule has 5 aromatic carbocycles. The maximum atomic E-state index is 13.8. The highest BCUT2D eigenvalue weighted by Gasteiger charge is 2.27. The van der Waals surface area contributed by atoms with Gasteiger partial charge in [-0.05, 0) is 65.6 Å². The van der Waals surface area contributed by atoms with E-state index >= 15 is 0 Å². The van der Waals surface area contributed by atoms with E-state index in [0.29, 0.717) is 38.5 Å². The first-order chi connectivity index (χ1) is 22.0. The van der Waals surface area contributed by atoms with E-state index in [1.54, 1.807) is 0 Å². The van der Waals surface area contributed by atoms with Gasteiger partial charge in [0, 0.05) is 28.4 Å². The van der Waals surface area contributed by atoms with E-state index in [0.717, 1.165) is 49.9 Å². The molecule has 0 saturated carbocycles. The maximum absolute atomic E-state index is 13.8. The highest BCUT2D eigenvalue weighted by Crippen LogP contribution is 2.41. The van der Waals surface area contributed by atoms with Gasteiger partial charge in [0.1, 0.15) is 23.8 Å². The Hall–Kier alpha value is -5.03. The Labute approximate surface area is 265 Å². The molecule has 1 aromatic heterocycles. The second-order valence-corrected chi connectivity index (χ2v) is 11.5. The molecule has 45 heavy (non-hydrogen) atoms. The van der Waals surface area contributed by atoms with Crippen molar-refractivity contribution in [2.24, 2.45) is 0 Å². The summed E-state index contributed by atoms with van der Waals surface area (Å²) in [7, 11) is 0. The molecule has 0 spiro atoms. The minimum Gasteiger partial charge on any atom is -0.493 e. The number of esters is 1. The quantitative estimate of drug-likeness (QED) is 0.104. The Morgan fingerprint density at radius 1 is 0.778 bits per heavy atom. The van der Waals surface area contributed by atoms with Crippen LogP contribution in [0.15, 0.2) is 115 Å². The minimum absolute atomic E-state index is 0.265. The van der Waals surface area contributed by atoms with Gasteiger partial charge in [0.05, 0.1) is 13.2 Å². The van der Waals surface area contributed by atoms with Crippen LogP contribution < -0.4 is 9.47 Å². The first kappa shape index (κ1) is 30.0. The van der Waals surface area contributed by atoms with Gasteiger partial charge in [-0.25, -0.2) is 4.79 Å². The van der Waals surface area contributed by atoms with Gasteiger partial charge in [-0.15, -0.1) is 0 Å².